The van der Waals surface area contributed by atoms with Crippen molar-refractivity contribution >= 4 is 22.6 Å². The van der Waals surface area contributed by atoms with Gasteiger partial charge < -0.3 is 15.2 Å². The Labute approximate surface area is 179 Å². The molecule has 0 bridgehead atoms. The number of rotatable bonds is 5. The standard InChI is InChI=1S/C22H25FN6O2/c1-3-15-11-17-18(27-21(15)30)10-14(12-26-17)13-28-6-8-29(9-7-28)20-16(23)4-5-25-19(20)22(31)24-2/h4-5,10-12H,3,6-9,13H2,1-2H3,(H,24,31)(H,27,30). The van der Waals surface area contributed by atoms with Crippen molar-refractivity contribution in [3.63, 3.8) is 0 Å². The average Bonchev–Trinajstić information content (AvgIpc) is 2.78. The normalized spacial score (nSPS) is 14.7. The number of carbonyl (C=O) groups is 1. The van der Waals surface area contributed by atoms with E-state index >= 15 is 0 Å². The van der Waals surface area contributed by atoms with Crippen LogP contribution in [0.5, 0.6) is 0 Å². The van der Waals surface area contributed by atoms with Crippen molar-refractivity contribution < 1.29 is 9.18 Å². The van der Waals surface area contributed by atoms with Gasteiger partial charge in [-0.2, -0.15) is 0 Å². The highest BCUT2D eigenvalue weighted by Crippen LogP contribution is 2.24. The van der Waals surface area contributed by atoms with Crippen LogP contribution in [-0.2, 0) is 13.0 Å². The fourth-order valence-corrected chi connectivity index (χ4v) is 3.92. The minimum atomic E-state index is -0.448. The van der Waals surface area contributed by atoms with Crippen molar-refractivity contribution in [1.29, 1.82) is 0 Å². The van der Waals surface area contributed by atoms with E-state index in [1.807, 2.05) is 30.2 Å². The van der Waals surface area contributed by atoms with Crippen LogP contribution in [0.15, 0.2) is 35.4 Å². The van der Waals surface area contributed by atoms with Crippen molar-refractivity contribution in [3.8, 4) is 0 Å². The number of nitrogens with one attached hydrogen (secondary N) is 2. The van der Waals surface area contributed by atoms with Crippen LogP contribution >= 0.6 is 0 Å². The molecule has 4 heterocycles. The molecule has 0 unspecified atom stereocenters. The number of aryl methyl sites for hydroxylation is 1. The first-order chi connectivity index (χ1) is 15.0. The van der Waals surface area contributed by atoms with Crippen LogP contribution in [0, 0.1) is 5.82 Å². The van der Waals surface area contributed by atoms with Gasteiger partial charge in [-0.25, -0.2) is 9.37 Å². The molecule has 0 aromatic carbocycles. The summed E-state index contributed by atoms with van der Waals surface area (Å²) in [6.07, 6.45) is 3.80. The highest BCUT2D eigenvalue weighted by molar-refractivity contribution is 5.97. The van der Waals surface area contributed by atoms with Crippen molar-refractivity contribution in [1.82, 2.24) is 25.2 Å². The number of aromatic amines is 1. The maximum atomic E-state index is 14.5. The third-order valence-corrected chi connectivity index (χ3v) is 5.62. The molecular weight excluding hydrogens is 399 g/mol. The molecule has 1 fully saturated rings. The van der Waals surface area contributed by atoms with Crippen LogP contribution in [0.25, 0.3) is 11.0 Å². The van der Waals surface area contributed by atoms with Crippen LogP contribution in [0.1, 0.15) is 28.5 Å². The maximum Gasteiger partial charge on any atom is 0.271 e. The quantitative estimate of drug-likeness (QED) is 0.648. The fraction of sp³-hybridized carbons (Fsp3) is 0.364. The van der Waals surface area contributed by atoms with Gasteiger partial charge >= 0.3 is 0 Å². The molecule has 4 rings (SSSR count). The molecular formula is C22H25FN6O2. The van der Waals surface area contributed by atoms with E-state index < -0.39 is 11.7 Å². The zero-order valence-electron chi connectivity index (χ0n) is 17.6. The third-order valence-electron chi connectivity index (χ3n) is 5.62. The zero-order chi connectivity index (χ0) is 22.0. The van der Waals surface area contributed by atoms with Crippen molar-refractivity contribution in [3.05, 3.63) is 63.6 Å². The molecule has 0 radical (unpaired) electrons. The van der Waals surface area contributed by atoms with Gasteiger partial charge in [0.2, 0.25) is 0 Å². The number of anilines is 1. The van der Waals surface area contributed by atoms with E-state index in [0.717, 1.165) is 22.2 Å². The Balaban J connectivity index is 1.47. The van der Waals surface area contributed by atoms with E-state index in [4.69, 9.17) is 0 Å². The first-order valence-corrected chi connectivity index (χ1v) is 10.3. The molecule has 3 aromatic rings. The highest BCUT2D eigenvalue weighted by atomic mass is 19.1. The summed E-state index contributed by atoms with van der Waals surface area (Å²) in [6.45, 7) is 5.16. The molecule has 9 heteroatoms. The summed E-state index contributed by atoms with van der Waals surface area (Å²) >= 11 is 0. The second kappa shape index (κ2) is 8.81. The van der Waals surface area contributed by atoms with E-state index in [9.17, 15) is 14.0 Å². The SMILES string of the molecule is CCc1cc2ncc(CN3CCN(c4c(F)ccnc4C(=O)NC)CC3)cc2[nH]c1=O. The van der Waals surface area contributed by atoms with E-state index in [0.29, 0.717) is 39.1 Å². The van der Waals surface area contributed by atoms with Crippen LogP contribution in [0.4, 0.5) is 10.1 Å². The number of pyridine rings is 3. The predicted molar refractivity (Wildman–Crippen MR) is 117 cm³/mol. The molecule has 1 amide bonds. The van der Waals surface area contributed by atoms with Gasteiger partial charge in [0, 0.05) is 57.7 Å². The first-order valence-electron chi connectivity index (χ1n) is 10.3. The van der Waals surface area contributed by atoms with Crippen LogP contribution in [-0.4, -0.2) is 59.0 Å². The van der Waals surface area contributed by atoms with Crippen molar-refractivity contribution in [2.45, 2.75) is 19.9 Å². The molecule has 2 N–H and O–H groups in total. The lowest BCUT2D eigenvalue weighted by atomic mass is 10.1. The lowest BCUT2D eigenvalue weighted by Crippen LogP contribution is -2.47. The Morgan fingerprint density at radius 3 is 2.71 bits per heavy atom. The minimum Gasteiger partial charge on any atom is -0.365 e. The summed E-state index contributed by atoms with van der Waals surface area (Å²) in [7, 11) is 1.50. The van der Waals surface area contributed by atoms with Gasteiger partial charge in [0.25, 0.3) is 11.5 Å². The van der Waals surface area contributed by atoms with E-state index in [1.54, 1.807) is 0 Å². The van der Waals surface area contributed by atoms with Crippen LogP contribution in [0.2, 0.25) is 0 Å². The highest BCUT2D eigenvalue weighted by Gasteiger charge is 2.25. The van der Waals surface area contributed by atoms with Gasteiger partial charge in [-0.1, -0.05) is 6.92 Å². The number of aromatic nitrogens is 3. The second-order valence-corrected chi connectivity index (χ2v) is 7.59. The number of hydrogen-bond acceptors (Lipinski definition) is 6. The monoisotopic (exact) mass is 424 g/mol. The third kappa shape index (κ3) is 4.27. The molecule has 1 aliphatic heterocycles. The van der Waals surface area contributed by atoms with Crippen LogP contribution < -0.4 is 15.8 Å². The Hall–Kier alpha value is -3.33. The summed E-state index contributed by atoms with van der Waals surface area (Å²) in [5, 5.41) is 2.52. The number of piperazine rings is 1. The van der Waals surface area contributed by atoms with E-state index in [2.05, 4.69) is 25.2 Å². The molecule has 0 saturated carbocycles. The molecule has 0 spiro atoms. The number of carbonyl (C=O) groups excluding carboxylic acids is 1. The Morgan fingerprint density at radius 2 is 2.00 bits per heavy atom. The topological polar surface area (TPSA) is 94.2 Å². The first kappa shape index (κ1) is 20.9. The second-order valence-electron chi connectivity index (χ2n) is 7.59. The van der Waals surface area contributed by atoms with Gasteiger partial charge in [-0.05, 0) is 30.2 Å². The number of H-pyrrole nitrogens is 1. The molecule has 0 aliphatic carbocycles. The number of halogens is 1. The summed E-state index contributed by atoms with van der Waals surface area (Å²) < 4.78 is 14.5. The lowest BCUT2D eigenvalue weighted by molar-refractivity contribution is 0.0958. The number of fused-ring (bicyclic) bond motifs is 1. The fourth-order valence-electron chi connectivity index (χ4n) is 3.92. The smallest absolute Gasteiger partial charge is 0.271 e. The Kier molecular flexibility index (Phi) is 5.94. The maximum absolute atomic E-state index is 14.5. The van der Waals surface area contributed by atoms with Gasteiger partial charge in [-0.3, -0.25) is 19.5 Å². The Morgan fingerprint density at radius 1 is 1.23 bits per heavy atom. The van der Waals surface area contributed by atoms with E-state index in [1.165, 1.54) is 19.3 Å². The summed E-state index contributed by atoms with van der Waals surface area (Å²) in [6, 6.07) is 5.07. The molecule has 0 atom stereocenters. The molecule has 3 aromatic heterocycles. The van der Waals surface area contributed by atoms with Crippen molar-refractivity contribution in [2.75, 3.05) is 38.1 Å². The molecule has 31 heavy (non-hydrogen) atoms. The largest absolute Gasteiger partial charge is 0.365 e. The average molecular weight is 424 g/mol. The minimum absolute atomic E-state index is 0.0759. The number of amides is 1. The molecule has 1 saturated heterocycles. The zero-order valence-corrected chi connectivity index (χ0v) is 17.6. The molecule has 162 valence electrons. The summed E-state index contributed by atoms with van der Waals surface area (Å²) in [5.41, 5.74) is 3.50. The number of nitrogens with zero attached hydrogens (tertiary/aromatic N) is 4. The summed E-state index contributed by atoms with van der Waals surface area (Å²) in [5.74, 6) is -0.851. The number of hydrogen-bond donors (Lipinski definition) is 2. The Bertz CT molecular complexity index is 1170. The van der Waals surface area contributed by atoms with E-state index in [-0.39, 0.29) is 16.9 Å². The summed E-state index contributed by atoms with van der Waals surface area (Å²) in [4.78, 5) is 39.8. The van der Waals surface area contributed by atoms with Gasteiger partial charge in [-0.15, -0.1) is 0 Å². The van der Waals surface area contributed by atoms with Crippen molar-refractivity contribution in [2.24, 2.45) is 0 Å². The molecule has 8 nitrogen and oxygen atoms in total. The van der Waals surface area contributed by atoms with Gasteiger partial charge in [0.1, 0.15) is 11.5 Å². The molecule has 1 aliphatic rings. The lowest BCUT2D eigenvalue weighted by Gasteiger charge is -2.36. The van der Waals surface area contributed by atoms with Gasteiger partial charge in [0.05, 0.1) is 11.0 Å². The van der Waals surface area contributed by atoms with Gasteiger partial charge in [0.15, 0.2) is 5.69 Å². The van der Waals surface area contributed by atoms with Crippen LogP contribution in [0.3, 0.4) is 0 Å². The predicted octanol–water partition coefficient (Wildman–Crippen LogP) is 1.70.